The Morgan fingerprint density at radius 1 is 1.38 bits per heavy atom. The zero-order valence-electron chi connectivity index (χ0n) is 16.3. The van der Waals surface area contributed by atoms with Crippen LogP contribution in [0.4, 0.5) is 5.69 Å². The maximum atomic E-state index is 12.0. The summed E-state index contributed by atoms with van der Waals surface area (Å²) in [5.41, 5.74) is 9.57. The Morgan fingerprint density at radius 2 is 2.10 bits per heavy atom. The second-order valence-corrected chi connectivity index (χ2v) is 7.11. The van der Waals surface area contributed by atoms with Crippen LogP contribution in [0.5, 0.6) is 5.88 Å². The molecule has 150 valence electrons. The molecule has 1 aromatic heterocycles. The molecule has 2 aliphatic rings. The molecule has 3 N–H and O–H groups in total. The van der Waals surface area contributed by atoms with Crippen molar-refractivity contribution < 1.29 is 14.3 Å². The molecule has 1 aromatic carbocycles. The van der Waals surface area contributed by atoms with Gasteiger partial charge in [-0.2, -0.15) is 5.26 Å². The largest absolute Gasteiger partial charge is 0.466 e. The summed E-state index contributed by atoms with van der Waals surface area (Å²) in [6, 6.07) is 10.3. The topological polar surface area (TPSA) is 117 Å². The number of rotatable bonds is 5. The molecule has 0 spiro atoms. The van der Waals surface area contributed by atoms with Gasteiger partial charge in [-0.3, -0.25) is 9.89 Å². The van der Waals surface area contributed by atoms with Gasteiger partial charge in [0, 0.05) is 18.8 Å². The third-order valence-electron chi connectivity index (χ3n) is 5.34. The number of carbonyl (C=O) groups excluding carboxylic acids is 1. The predicted octanol–water partition coefficient (Wildman–Crippen LogP) is 2.33. The van der Waals surface area contributed by atoms with E-state index in [2.05, 4.69) is 33.3 Å². The summed E-state index contributed by atoms with van der Waals surface area (Å²) in [5, 5.41) is 16.8. The number of nitrogens with two attached hydrogens (primary N) is 1. The van der Waals surface area contributed by atoms with Crippen LogP contribution in [0, 0.1) is 11.3 Å². The third kappa shape index (κ3) is 3.51. The SMILES string of the molecule is CCOC(=O)Cc1[nH]nc2c1C(c1ccc(N3CCCC3)cc1)C(C#N)=C(N)O2. The van der Waals surface area contributed by atoms with E-state index in [-0.39, 0.29) is 24.2 Å². The molecule has 8 nitrogen and oxygen atoms in total. The molecular formula is C21H23N5O3. The van der Waals surface area contributed by atoms with Crippen molar-refractivity contribution in [2.45, 2.75) is 32.1 Å². The Bertz CT molecular complexity index is 981. The number of anilines is 1. The van der Waals surface area contributed by atoms with E-state index in [9.17, 15) is 10.1 Å². The quantitative estimate of drug-likeness (QED) is 0.749. The Kier molecular flexibility index (Phi) is 5.12. The summed E-state index contributed by atoms with van der Waals surface area (Å²) >= 11 is 0. The lowest BCUT2D eigenvalue weighted by Gasteiger charge is -2.25. The van der Waals surface area contributed by atoms with E-state index in [0.717, 1.165) is 24.3 Å². The highest BCUT2D eigenvalue weighted by Crippen LogP contribution is 2.43. The minimum Gasteiger partial charge on any atom is -0.466 e. The molecule has 0 radical (unpaired) electrons. The van der Waals surface area contributed by atoms with Gasteiger partial charge in [-0.05, 0) is 37.5 Å². The number of hydrogen-bond acceptors (Lipinski definition) is 7. The Labute approximate surface area is 168 Å². The molecule has 2 aromatic rings. The molecule has 1 saturated heterocycles. The Morgan fingerprint density at radius 3 is 2.76 bits per heavy atom. The first kappa shape index (κ1) is 18.9. The van der Waals surface area contributed by atoms with E-state index in [1.807, 2.05) is 12.1 Å². The number of ether oxygens (including phenoxy) is 2. The molecule has 4 rings (SSSR count). The van der Waals surface area contributed by atoms with Gasteiger partial charge in [0.1, 0.15) is 11.6 Å². The highest BCUT2D eigenvalue weighted by atomic mass is 16.5. The number of aromatic amines is 1. The molecule has 0 bridgehead atoms. The number of H-pyrrole nitrogens is 1. The van der Waals surface area contributed by atoms with Crippen molar-refractivity contribution in [1.29, 1.82) is 5.26 Å². The number of aromatic nitrogens is 2. The van der Waals surface area contributed by atoms with Gasteiger partial charge in [-0.1, -0.05) is 12.1 Å². The number of nitrogens with zero attached hydrogens (tertiary/aromatic N) is 3. The predicted molar refractivity (Wildman–Crippen MR) is 106 cm³/mol. The van der Waals surface area contributed by atoms with Gasteiger partial charge in [0.05, 0.1) is 30.2 Å². The number of nitriles is 1. The van der Waals surface area contributed by atoms with Crippen LogP contribution in [0.25, 0.3) is 0 Å². The van der Waals surface area contributed by atoms with Crippen LogP contribution >= 0.6 is 0 Å². The van der Waals surface area contributed by atoms with Crippen LogP contribution in [0.3, 0.4) is 0 Å². The van der Waals surface area contributed by atoms with Gasteiger partial charge in [-0.25, -0.2) is 0 Å². The zero-order valence-corrected chi connectivity index (χ0v) is 16.3. The van der Waals surface area contributed by atoms with Crippen molar-refractivity contribution in [1.82, 2.24) is 10.2 Å². The van der Waals surface area contributed by atoms with Crippen LogP contribution in [0.2, 0.25) is 0 Å². The molecule has 0 saturated carbocycles. The van der Waals surface area contributed by atoms with Crippen molar-refractivity contribution in [2.24, 2.45) is 5.73 Å². The van der Waals surface area contributed by atoms with Gasteiger partial charge < -0.3 is 20.1 Å². The number of nitrogens with one attached hydrogen (secondary N) is 1. The first-order chi connectivity index (χ1) is 14.1. The number of carbonyl (C=O) groups is 1. The van der Waals surface area contributed by atoms with Gasteiger partial charge >= 0.3 is 5.97 Å². The summed E-state index contributed by atoms with van der Waals surface area (Å²) in [7, 11) is 0. The number of esters is 1. The summed E-state index contributed by atoms with van der Waals surface area (Å²) in [4.78, 5) is 14.4. The first-order valence-electron chi connectivity index (χ1n) is 9.77. The summed E-state index contributed by atoms with van der Waals surface area (Å²) < 4.78 is 10.6. The molecule has 1 fully saturated rings. The number of fused-ring (bicyclic) bond motifs is 1. The fourth-order valence-corrected chi connectivity index (χ4v) is 3.99. The summed E-state index contributed by atoms with van der Waals surface area (Å²) in [6.07, 6.45) is 2.42. The van der Waals surface area contributed by atoms with E-state index in [4.69, 9.17) is 15.2 Å². The monoisotopic (exact) mass is 393 g/mol. The fraction of sp³-hybridized carbons (Fsp3) is 0.381. The molecule has 0 aliphatic carbocycles. The maximum absolute atomic E-state index is 12.0. The molecule has 1 unspecified atom stereocenters. The molecule has 29 heavy (non-hydrogen) atoms. The molecule has 8 heteroatoms. The second kappa shape index (κ2) is 7.87. The Balaban J connectivity index is 1.72. The number of hydrogen-bond donors (Lipinski definition) is 2. The number of benzene rings is 1. The average molecular weight is 393 g/mol. The minimum absolute atomic E-state index is 0.0144. The van der Waals surface area contributed by atoms with Crippen molar-refractivity contribution in [3.8, 4) is 11.9 Å². The van der Waals surface area contributed by atoms with Gasteiger partial charge in [0.2, 0.25) is 11.8 Å². The minimum atomic E-state index is -0.459. The van der Waals surface area contributed by atoms with Gasteiger partial charge in [0.25, 0.3) is 0 Å². The van der Waals surface area contributed by atoms with E-state index in [1.54, 1.807) is 6.92 Å². The highest BCUT2D eigenvalue weighted by Gasteiger charge is 2.35. The van der Waals surface area contributed by atoms with Crippen LogP contribution < -0.4 is 15.4 Å². The normalized spacial score (nSPS) is 18.2. The first-order valence-corrected chi connectivity index (χ1v) is 9.77. The van der Waals surface area contributed by atoms with Crippen LogP contribution in [-0.2, 0) is 16.0 Å². The van der Waals surface area contributed by atoms with Crippen LogP contribution in [-0.4, -0.2) is 35.9 Å². The van der Waals surface area contributed by atoms with Crippen LogP contribution in [0.1, 0.15) is 42.5 Å². The van der Waals surface area contributed by atoms with Crippen molar-refractivity contribution in [3.63, 3.8) is 0 Å². The molecule has 3 heterocycles. The van der Waals surface area contributed by atoms with E-state index < -0.39 is 5.92 Å². The average Bonchev–Trinajstić information content (AvgIpc) is 3.38. The van der Waals surface area contributed by atoms with E-state index >= 15 is 0 Å². The Hall–Kier alpha value is -3.47. The summed E-state index contributed by atoms with van der Waals surface area (Å²) in [5.74, 6) is -0.514. The number of allylic oxidation sites excluding steroid dienone is 1. The van der Waals surface area contributed by atoms with Crippen molar-refractivity contribution in [2.75, 3.05) is 24.6 Å². The van der Waals surface area contributed by atoms with Gasteiger partial charge in [0.15, 0.2) is 0 Å². The molecular weight excluding hydrogens is 370 g/mol. The lowest BCUT2D eigenvalue weighted by Crippen LogP contribution is -2.22. The smallest absolute Gasteiger partial charge is 0.311 e. The fourth-order valence-electron chi connectivity index (χ4n) is 3.99. The van der Waals surface area contributed by atoms with Gasteiger partial charge in [-0.15, -0.1) is 5.10 Å². The van der Waals surface area contributed by atoms with Crippen LogP contribution in [0.15, 0.2) is 35.7 Å². The lowest BCUT2D eigenvalue weighted by molar-refractivity contribution is -0.142. The van der Waals surface area contributed by atoms with Crippen molar-refractivity contribution >= 4 is 11.7 Å². The maximum Gasteiger partial charge on any atom is 0.311 e. The van der Waals surface area contributed by atoms with E-state index in [0.29, 0.717) is 23.4 Å². The molecule has 1 atom stereocenters. The zero-order chi connectivity index (χ0) is 20.4. The standard InChI is InChI=1S/C21H23N5O3/c1-2-28-17(27)11-16-19-18(15(12-22)20(23)29-21(19)25-24-16)13-5-7-14(8-6-13)26-9-3-4-10-26/h5-8,18H,2-4,9-11,23H2,1H3,(H,24,25). The third-order valence-corrected chi connectivity index (χ3v) is 5.34. The van der Waals surface area contributed by atoms with Crippen molar-refractivity contribution in [3.05, 3.63) is 52.5 Å². The highest BCUT2D eigenvalue weighted by molar-refractivity contribution is 5.73. The second-order valence-electron chi connectivity index (χ2n) is 7.11. The molecule has 0 amide bonds. The molecule has 2 aliphatic heterocycles. The lowest BCUT2D eigenvalue weighted by atomic mass is 9.83. The van der Waals surface area contributed by atoms with E-state index in [1.165, 1.54) is 12.8 Å². The summed E-state index contributed by atoms with van der Waals surface area (Å²) in [6.45, 7) is 4.17.